The van der Waals surface area contributed by atoms with Gasteiger partial charge in [0.1, 0.15) is 5.75 Å². The first kappa shape index (κ1) is 20.2. The summed E-state index contributed by atoms with van der Waals surface area (Å²) in [6.07, 6.45) is 6.93. The second kappa shape index (κ2) is 8.43. The van der Waals surface area contributed by atoms with Crippen molar-refractivity contribution < 1.29 is 9.53 Å². The van der Waals surface area contributed by atoms with Gasteiger partial charge in [-0.2, -0.15) is 5.10 Å². The lowest BCUT2D eigenvalue weighted by atomic mass is 10.1. The molecular weight excluding hydrogens is 426 g/mol. The third-order valence-electron chi connectivity index (χ3n) is 5.28. The largest absolute Gasteiger partial charge is 0.424 e. The zero-order valence-corrected chi connectivity index (χ0v) is 18.1. The third-order valence-corrected chi connectivity index (χ3v) is 5.69. The van der Waals surface area contributed by atoms with Gasteiger partial charge in [-0.1, -0.05) is 17.7 Å². The van der Waals surface area contributed by atoms with Crippen LogP contribution in [0, 0.1) is 6.92 Å². The number of halogens is 1. The number of hydrogen-bond donors (Lipinski definition) is 1. The molecular formula is C24H20ClN5O2. The molecule has 4 aromatic rings. The number of anilines is 1. The number of carbonyl (C=O) groups excluding carboxylic acids is 1. The van der Waals surface area contributed by atoms with Crippen LogP contribution in [-0.2, 0) is 0 Å². The maximum atomic E-state index is 13.1. The quantitative estimate of drug-likeness (QED) is 0.421. The molecule has 2 aromatic carbocycles. The van der Waals surface area contributed by atoms with E-state index in [0.29, 0.717) is 27.9 Å². The molecule has 0 radical (unpaired) electrons. The van der Waals surface area contributed by atoms with Crippen LogP contribution in [0.25, 0.3) is 5.69 Å². The minimum absolute atomic E-state index is 0.198. The topological polar surface area (TPSA) is 81.9 Å². The Morgan fingerprint density at radius 3 is 2.56 bits per heavy atom. The first-order chi connectivity index (χ1) is 15.6. The minimum Gasteiger partial charge on any atom is -0.424 e. The van der Waals surface area contributed by atoms with Crippen LogP contribution in [0.2, 0.25) is 5.02 Å². The molecule has 0 saturated heterocycles. The molecule has 7 nitrogen and oxygen atoms in total. The van der Waals surface area contributed by atoms with Gasteiger partial charge in [-0.3, -0.25) is 4.79 Å². The highest BCUT2D eigenvalue weighted by Crippen LogP contribution is 2.42. The number of benzene rings is 2. The highest BCUT2D eigenvalue weighted by Gasteiger charge is 2.33. The Bertz CT molecular complexity index is 1270. The van der Waals surface area contributed by atoms with Crippen molar-refractivity contribution in [1.82, 2.24) is 19.7 Å². The van der Waals surface area contributed by atoms with Gasteiger partial charge in [0.05, 0.1) is 23.1 Å². The average molecular weight is 446 g/mol. The van der Waals surface area contributed by atoms with Crippen LogP contribution in [0.15, 0.2) is 67.1 Å². The van der Waals surface area contributed by atoms with Gasteiger partial charge in [-0.05, 0) is 67.8 Å². The highest BCUT2D eigenvalue weighted by molar-refractivity contribution is 6.31. The molecule has 1 saturated carbocycles. The summed E-state index contributed by atoms with van der Waals surface area (Å²) >= 11 is 6.31. The second-order valence-electron chi connectivity index (χ2n) is 7.67. The lowest BCUT2D eigenvalue weighted by molar-refractivity contribution is 0.102. The summed E-state index contributed by atoms with van der Waals surface area (Å²) in [5, 5.41) is 8.13. The van der Waals surface area contributed by atoms with E-state index in [1.807, 2.05) is 29.8 Å². The predicted molar refractivity (Wildman–Crippen MR) is 122 cm³/mol. The molecule has 5 rings (SSSR count). The fourth-order valence-electron chi connectivity index (χ4n) is 3.45. The zero-order chi connectivity index (χ0) is 22.1. The van der Waals surface area contributed by atoms with Gasteiger partial charge in [0.15, 0.2) is 0 Å². The van der Waals surface area contributed by atoms with E-state index in [4.69, 9.17) is 16.3 Å². The maximum absolute atomic E-state index is 13.1. The number of amides is 1. The van der Waals surface area contributed by atoms with Crippen LogP contribution < -0.4 is 10.1 Å². The van der Waals surface area contributed by atoms with Crippen LogP contribution >= 0.6 is 11.6 Å². The van der Waals surface area contributed by atoms with Crippen molar-refractivity contribution in [2.24, 2.45) is 0 Å². The van der Waals surface area contributed by atoms with Gasteiger partial charge in [-0.25, -0.2) is 14.6 Å². The Morgan fingerprint density at radius 2 is 1.88 bits per heavy atom. The molecule has 0 atom stereocenters. The lowest BCUT2D eigenvalue weighted by Gasteiger charge is -2.11. The molecule has 8 heteroatoms. The van der Waals surface area contributed by atoms with E-state index in [-0.39, 0.29) is 11.9 Å². The van der Waals surface area contributed by atoms with E-state index >= 15 is 0 Å². The summed E-state index contributed by atoms with van der Waals surface area (Å²) in [5.74, 6) is 0.702. The second-order valence-corrected chi connectivity index (χ2v) is 8.08. The molecule has 1 amide bonds. The molecule has 160 valence electrons. The predicted octanol–water partition coefficient (Wildman–Crippen LogP) is 5.55. The van der Waals surface area contributed by atoms with Crippen molar-refractivity contribution >= 4 is 23.2 Å². The van der Waals surface area contributed by atoms with Crippen molar-refractivity contribution in [3.8, 4) is 17.4 Å². The molecule has 2 heterocycles. The fraction of sp³-hybridized carbons (Fsp3) is 0.167. The summed E-state index contributed by atoms with van der Waals surface area (Å²) in [4.78, 5) is 21.1. The summed E-state index contributed by atoms with van der Waals surface area (Å²) in [7, 11) is 0. The maximum Gasteiger partial charge on any atom is 0.321 e. The number of nitrogens with one attached hydrogen (secondary N) is 1. The van der Waals surface area contributed by atoms with E-state index in [0.717, 1.165) is 29.8 Å². The number of carbonyl (C=O) groups is 1. The van der Waals surface area contributed by atoms with Crippen LogP contribution in [0.1, 0.15) is 40.4 Å². The Kier molecular flexibility index (Phi) is 5.33. The van der Waals surface area contributed by atoms with Crippen LogP contribution in [-0.4, -0.2) is 25.7 Å². The van der Waals surface area contributed by atoms with Crippen molar-refractivity contribution in [2.75, 3.05) is 5.32 Å². The Hall–Kier alpha value is -3.71. The first-order valence-electron chi connectivity index (χ1n) is 10.3. The smallest absolute Gasteiger partial charge is 0.321 e. The molecule has 1 N–H and O–H groups in total. The van der Waals surface area contributed by atoms with Gasteiger partial charge in [0.25, 0.3) is 5.91 Å². The molecule has 0 bridgehead atoms. The Labute approximate surface area is 190 Å². The molecule has 1 fully saturated rings. The third kappa shape index (κ3) is 4.20. The van der Waals surface area contributed by atoms with Crippen molar-refractivity contribution in [2.45, 2.75) is 25.7 Å². The lowest BCUT2D eigenvalue weighted by Crippen LogP contribution is -2.14. The molecule has 32 heavy (non-hydrogen) atoms. The van der Waals surface area contributed by atoms with Crippen LogP contribution in [0.5, 0.6) is 11.8 Å². The van der Waals surface area contributed by atoms with E-state index in [1.165, 1.54) is 0 Å². The highest BCUT2D eigenvalue weighted by atomic mass is 35.5. The Morgan fingerprint density at radius 1 is 1.12 bits per heavy atom. The monoisotopic (exact) mass is 445 g/mol. The minimum atomic E-state index is -0.198. The van der Waals surface area contributed by atoms with Crippen molar-refractivity contribution in [1.29, 1.82) is 0 Å². The summed E-state index contributed by atoms with van der Waals surface area (Å²) in [5.41, 5.74) is 4.00. The molecule has 1 aliphatic carbocycles. The number of aromatic nitrogens is 4. The molecule has 2 aromatic heterocycles. The molecule has 0 aliphatic heterocycles. The van der Waals surface area contributed by atoms with Gasteiger partial charge < -0.3 is 10.1 Å². The summed E-state index contributed by atoms with van der Waals surface area (Å²) < 4.78 is 7.42. The van der Waals surface area contributed by atoms with Crippen LogP contribution in [0.4, 0.5) is 5.69 Å². The summed E-state index contributed by atoms with van der Waals surface area (Å²) in [6, 6.07) is 14.9. The fourth-order valence-corrected chi connectivity index (χ4v) is 3.62. The first-order valence-corrected chi connectivity index (χ1v) is 10.7. The number of nitrogens with zero attached hydrogens (tertiary/aromatic N) is 4. The van der Waals surface area contributed by atoms with E-state index in [9.17, 15) is 4.79 Å². The zero-order valence-electron chi connectivity index (χ0n) is 17.3. The van der Waals surface area contributed by atoms with E-state index in [1.54, 1.807) is 48.9 Å². The van der Waals surface area contributed by atoms with Crippen molar-refractivity contribution in [3.05, 3.63) is 89.0 Å². The van der Waals surface area contributed by atoms with Crippen molar-refractivity contribution in [3.63, 3.8) is 0 Å². The van der Waals surface area contributed by atoms with Gasteiger partial charge in [0.2, 0.25) is 0 Å². The number of ether oxygens (including phenoxy) is 1. The normalized spacial score (nSPS) is 13.1. The number of rotatable bonds is 6. The summed E-state index contributed by atoms with van der Waals surface area (Å²) in [6.45, 7) is 1.96. The van der Waals surface area contributed by atoms with Gasteiger partial charge >= 0.3 is 6.01 Å². The van der Waals surface area contributed by atoms with Crippen LogP contribution in [0.3, 0.4) is 0 Å². The van der Waals surface area contributed by atoms with E-state index in [2.05, 4.69) is 20.4 Å². The van der Waals surface area contributed by atoms with E-state index < -0.39 is 0 Å². The van der Waals surface area contributed by atoms with Gasteiger partial charge in [0, 0.05) is 29.0 Å². The number of hydrogen-bond acceptors (Lipinski definition) is 5. The Balaban J connectivity index is 1.35. The SMILES string of the molecule is Cc1ccc(-n2ncc(C(=O)Nc3ccc(Oc4ncccn4)cc3)c2C2CC2)cc1Cl. The molecule has 0 unspecified atom stereocenters. The standard InChI is InChI=1S/C24H20ClN5O2/c1-15-3-8-18(13-21(15)25)30-22(16-4-5-16)20(14-28-30)23(31)29-17-6-9-19(10-7-17)32-24-26-11-2-12-27-24/h2-3,6-14,16H,4-5H2,1H3,(H,29,31). The molecule has 1 aliphatic rings. The molecule has 0 spiro atoms. The number of aryl methyl sites for hydroxylation is 1. The average Bonchev–Trinajstić information content (AvgIpc) is 3.55. The van der Waals surface area contributed by atoms with Gasteiger partial charge in [-0.15, -0.1) is 0 Å².